The lowest BCUT2D eigenvalue weighted by atomic mass is 9.98. The van der Waals surface area contributed by atoms with Crippen LogP contribution in [0.3, 0.4) is 0 Å². The Hall–Kier alpha value is -0.960. The summed E-state index contributed by atoms with van der Waals surface area (Å²) in [6, 6.07) is 0. The molecule has 1 unspecified atom stereocenters. The molecule has 3 heteroatoms. The van der Waals surface area contributed by atoms with Crippen LogP contribution in [0.15, 0.2) is 0 Å². The second-order valence-electron chi connectivity index (χ2n) is 4.93. The zero-order valence-corrected chi connectivity index (χ0v) is 11.0. The zero-order chi connectivity index (χ0) is 12.3. The van der Waals surface area contributed by atoms with Gasteiger partial charge in [-0.15, -0.1) is 0 Å². The topological polar surface area (TPSA) is 51.8 Å². The molecular weight excluding hydrogens is 198 g/mol. The molecule has 2 N–H and O–H groups in total. The Bertz CT molecular complexity index is 335. The van der Waals surface area contributed by atoms with Gasteiger partial charge in [0.25, 0.3) is 0 Å². The highest BCUT2D eigenvalue weighted by molar-refractivity contribution is 5.25. The summed E-state index contributed by atoms with van der Waals surface area (Å²) in [6.45, 7) is 11.3. The van der Waals surface area contributed by atoms with Gasteiger partial charge in [0.05, 0.1) is 0 Å². The first-order valence-electron chi connectivity index (χ1n) is 5.99. The molecule has 1 aromatic heterocycles. The van der Waals surface area contributed by atoms with E-state index in [1.807, 2.05) is 0 Å². The van der Waals surface area contributed by atoms with E-state index < -0.39 is 0 Å². The van der Waals surface area contributed by atoms with Crippen molar-refractivity contribution in [2.75, 3.05) is 6.54 Å². The maximum Gasteiger partial charge on any atom is 0.131 e. The summed E-state index contributed by atoms with van der Waals surface area (Å²) in [5.41, 5.74) is 9.14. The first-order chi connectivity index (χ1) is 7.45. The van der Waals surface area contributed by atoms with E-state index in [9.17, 15) is 0 Å². The Morgan fingerprint density at radius 2 is 1.56 bits per heavy atom. The van der Waals surface area contributed by atoms with Crippen molar-refractivity contribution in [3.8, 4) is 0 Å². The van der Waals surface area contributed by atoms with Crippen molar-refractivity contribution < 1.29 is 0 Å². The molecule has 90 valence electrons. The summed E-state index contributed by atoms with van der Waals surface area (Å²) >= 11 is 0. The maximum absolute atomic E-state index is 5.66. The molecule has 0 aliphatic carbocycles. The van der Waals surface area contributed by atoms with E-state index in [0.29, 0.717) is 18.4 Å². The van der Waals surface area contributed by atoms with Crippen molar-refractivity contribution in [1.82, 2.24) is 9.97 Å². The lowest BCUT2D eigenvalue weighted by Crippen LogP contribution is -2.16. The monoisotopic (exact) mass is 221 g/mol. The van der Waals surface area contributed by atoms with Crippen LogP contribution in [0.5, 0.6) is 0 Å². The van der Waals surface area contributed by atoms with Crippen LogP contribution in [0.4, 0.5) is 0 Å². The average molecular weight is 221 g/mol. The fourth-order valence-electron chi connectivity index (χ4n) is 1.75. The van der Waals surface area contributed by atoms with E-state index in [1.54, 1.807) is 0 Å². The highest BCUT2D eigenvalue weighted by atomic mass is 14.9. The van der Waals surface area contributed by atoms with Crippen molar-refractivity contribution in [2.45, 2.75) is 47.0 Å². The summed E-state index contributed by atoms with van der Waals surface area (Å²) in [5, 5.41) is 0. The van der Waals surface area contributed by atoms with Gasteiger partial charge in [-0.3, -0.25) is 0 Å². The quantitative estimate of drug-likeness (QED) is 0.849. The van der Waals surface area contributed by atoms with E-state index >= 15 is 0 Å². The van der Waals surface area contributed by atoms with E-state index in [4.69, 9.17) is 5.73 Å². The second-order valence-corrected chi connectivity index (χ2v) is 4.93. The number of nitrogens with two attached hydrogens (primary N) is 1. The van der Waals surface area contributed by atoms with Crippen molar-refractivity contribution in [2.24, 2.45) is 11.7 Å². The van der Waals surface area contributed by atoms with Gasteiger partial charge in [-0.1, -0.05) is 20.8 Å². The maximum atomic E-state index is 5.66. The van der Waals surface area contributed by atoms with Crippen LogP contribution in [0.1, 0.15) is 49.5 Å². The first-order valence-corrected chi connectivity index (χ1v) is 5.99. The van der Waals surface area contributed by atoms with Gasteiger partial charge in [0.15, 0.2) is 0 Å². The summed E-state index contributed by atoms with van der Waals surface area (Å²) in [4.78, 5) is 9.14. The van der Waals surface area contributed by atoms with Crippen LogP contribution in [0.2, 0.25) is 0 Å². The number of rotatable bonds is 4. The SMILES string of the molecule is Cc1nc(C(C)C)nc(C)c1CC(C)CN. The minimum absolute atomic E-state index is 0.387. The Morgan fingerprint density at radius 3 is 1.94 bits per heavy atom. The number of aromatic nitrogens is 2. The van der Waals surface area contributed by atoms with Crippen molar-refractivity contribution in [3.63, 3.8) is 0 Å². The fourth-order valence-corrected chi connectivity index (χ4v) is 1.75. The van der Waals surface area contributed by atoms with E-state index in [2.05, 4.69) is 44.6 Å². The molecule has 0 saturated carbocycles. The predicted octanol–water partition coefficient (Wildman–Crippen LogP) is 2.35. The predicted molar refractivity (Wildman–Crippen MR) is 67.5 cm³/mol. The van der Waals surface area contributed by atoms with Crippen molar-refractivity contribution in [3.05, 3.63) is 22.8 Å². The molecule has 1 rings (SSSR count). The van der Waals surface area contributed by atoms with Gasteiger partial charge in [0.1, 0.15) is 5.82 Å². The Morgan fingerprint density at radius 1 is 1.06 bits per heavy atom. The third kappa shape index (κ3) is 3.01. The smallest absolute Gasteiger partial charge is 0.131 e. The fraction of sp³-hybridized carbons (Fsp3) is 0.692. The van der Waals surface area contributed by atoms with Crippen LogP contribution < -0.4 is 5.73 Å². The minimum atomic E-state index is 0.387. The molecule has 0 aliphatic heterocycles. The molecule has 0 aliphatic rings. The number of hydrogen-bond donors (Lipinski definition) is 1. The van der Waals surface area contributed by atoms with Gasteiger partial charge in [0, 0.05) is 17.3 Å². The summed E-state index contributed by atoms with van der Waals surface area (Å²) in [5.74, 6) is 1.82. The molecule has 0 amide bonds. The average Bonchev–Trinajstić information content (AvgIpc) is 2.22. The van der Waals surface area contributed by atoms with Crippen LogP contribution in [-0.4, -0.2) is 16.5 Å². The van der Waals surface area contributed by atoms with Gasteiger partial charge < -0.3 is 5.73 Å². The zero-order valence-electron chi connectivity index (χ0n) is 11.0. The molecule has 0 saturated heterocycles. The lowest BCUT2D eigenvalue weighted by Gasteiger charge is -2.15. The summed E-state index contributed by atoms with van der Waals surface area (Å²) in [6.07, 6.45) is 0.979. The van der Waals surface area contributed by atoms with Crippen molar-refractivity contribution >= 4 is 0 Å². The molecule has 16 heavy (non-hydrogen) atoms. The highest BCUT2D eigenvalue weighted by Crippen LogP contribution is 2.18. The van der Waals surface area contributed by atoms with Crippen LogP contribution in [0, 0.1) is 19.8 Å². The van der Waals surface area contributed by atoms with E-state index in [-0.39, 0.29) is 0 Å². The van der Waals surface area contributed by atoms with E-state index in [0.717, 1.165) is 23.6 Å². The first kappa shape index (κ1) is 13.1. The van der Waals surface area contributed by atoms with Gasteiger partial charge in [-0.05, 0) is 38.3 Å². The number of nitrogens with zero attached hydrogens (tertiary/aromatic N) is 2. The van der Waals surface area contributed by atoms with Gasteiger partial charge in [-0.2, -0.15) is 0 Å². The molecule has 0 bridgehead atoms. The Balaban J connectivity index is 3.03. The molecule has 0 spiro atoms. The highest BCUT2D eigenvalue weighted by Gasteiger charge is 2.12. The summed E-state index contributed by atoms with van der Waals surface area (Å²) in [7, 11) is 0. The largest absolute Gasteiger partial charge is 0.330 e. The Labute approximate surface area is 98.5 Å². The molecule has 0 radical (unpaired) electrons. The molecule has 0 fully saturated rings. The van der Waals surface area contributed by atoms with Gasteiger partial charge >= 0.3 is 0 Å². The van der Waals surface area contributed by atoms with Crippen molar-refractivity contribution in [1.29, 1.82) is 0 Å². The molecular formula is C13H23N3. The standard InChI is InChI=1S/C13H23N3/c1-8(2)13-15-10(4)12(11(5)16-13)6-9(3)7-14/h8-9H,6-7,14H2,1-5H3. The minimum Gasteiger partial charge on any atom is -0.330 e. The van der Waals surface area contributed by atoms with Crippen LogP contribution in [0.25, 0.3) is 0 Å². The third-order valence-corrected chi connectivity index (χ3v) is 2.91. The van der Waals surface area contributed by atoms with Gasteiger partial charge in [-0.25, -0.2) is 9.97 Å². The number of hydrogen-bond acceptors (Lipinski definition) is 3. The summed E-state index contributed by atoms with van der Waals surface area (Å²) < 4.78 is 0. The van der Waals surface area contributed by atoms with E-state index in [1.165, 1.54) is 5.56 Å². The number of aryl methyl sites for hydroxylation is 2. The lowest BCUT2D eigenvalue weighted by molar-refractivity contribution is 0.583. The molecule has 3 nitrogen and oxygen atoms in total. The molecule has 1 aromatic rings. The second kappa shape index (κ2) is 5.39. The Kier molecular flexibility index (Phi) is 4.42. The van der Waals surface area contributed by atoms with Crippen LogP contribution in [-0.2, 0) is 6.42 Å². The van der Waals surface area contributed by atoms with Crippen LogP contribution >= 0.6 is 0 Å². The molecule has 1 atom stereocenters. The van der Waals surface area contributed by atoms with Gasteiger partial charge in [0.2, 0.25) is 0 Å². The molecule has 0 aromatic carbocycles. The third-order valence-electron chi connectivity index (χ3n) is 2.91. The normalized spacial score (nSPS) is 13.2. The molecule has 1 heterocycles.